The van der Waals surface area contributed by atoms with Gasteiger partial charge in [0.1, 0.15) is 0 Å². The third-order valence-corrected chi connectivity index (χ3v) is 2.19. The molecule has 0 unspecified atom stereocenters. The van der Waals surface area contributed by atoms with Crippen molar-refractivity contribution >= 4 is 5.97 Å². The molecule has 0 spiro atoms. The lowest BCUT2D eigenvalue weighted by atomic mass is 10.2. The van der Waals surface area contributed by atoms with E-state index in [1.54, 1.807) is 0 Å². The van der Waals surface area contributed by atoms with Crippen LogP contribution in [0.1, 0.15) is 46.5 Å². The number of carbonyl (C=O) groups is 1. The summed E-state index contributed by atoms with van der Waals surface area (Å²) in [6, 6.07) is 0. The normalized spacial score (nSPS) is 9.94. The van der Waals surface area contributed by atoms with Gasteiger partial charge in [-0.1, -0.05) is 18.1 Å². The van der Waals surface area contributed by atoms with Gasteiger partial charge in [-0.05, 0) is 40.2 Å². The van der Waals surface area contributed by atoms with Crippen molar-refractivity contribution in [1.82, 2.24) is 5.32 Å². The summed E-state index contributed by atoms with van der Waals surface area (Å²) in [6.07, 6.45) is 5.88. The summed E-state index contributed by atoms with van der Waals surface area (Å²) < 4.78 is 4.85. The molecule has 0 fully saturated rings. The second-order valence-electron chi connectivity index (χ2n) is 4.10. The van der Waals surface area contributed by atoms with Crippen LogP contribution in [0.5, 0.6) is 0 Å². The van der Waals surface area contributed by atoms with Crippen LogP contribution in [0, 0.1) is 0 Å². The lowest BCUT2D eigenvalue weighted by Crippen LogP contribution is -2.15. The first-order chi connectivity index (χ1) is 7.66. The summed E-state index contributed by atoms with van der Waals surface area (Å²) >= 11 is 0. The number of ether oxygens (including phenoxy) is 1. The maximum absolute atomic E-state index is 11.0. The van der Waals surface area contributed by atoms with E-state index in [4.69, 9.17) is 4.74 Å². The Kier molecular flexibility index (Phi) is 10.1. The highest BCUT2D eigenvalue weighted by Crippen LogP contribution is 2.00. The molecule has 0 amide bonds. The van der Waals surface area contributed by atoms with E-state index in [9.17, 15) is 4.79 Å². The Morgan fingerprint density at radius 3 is 2.62 bits per heavy atom. The lowest BCUT2D eigenvalue weighted by Gasteiger charge is -2.03. The molecule has 3 heteroatoms. The fourth-order valence-electron chi connectivity index (χ4n) is 1.31. The lowest BCUT2D eigenvalue weighted by molar-refractivity contribution is -0.143. The molecule has 0 aliphatic carbocycles. The Balaban J connectivity index is 3.15. The zero-order valence-corrected chi connectivity index (χ0v) is 10.8. The van der Waals surface area contributed by atoms with Gasteiger partial charge in [-0.25, -0.2) is 0 Å². The molecule has 0 aliphatic rings. The fraction of sp³-hybridized carbons (Fsp3) is 0.769. The highest BCUT2D eigenvalue weighted by atomic mass is 16.5. The fourth-order valence-corrected chi connectivity index (χ4v) is 1.31. The topological polar surface area (TPSA) is 38.3 Å². The molecule has 16 heavy (non-hydrogen) atoms. The molecule has 0 heterocycles. The van der Waals surface area contributed by atoms with Crippen molar-refractivity contribution in [2.45, 2.75) is 46.5 Å². The Morgan fingerprint density at radius 2 is 2.00 bits per heavy atom. The van der Waals surface area contributed by atoms with Crippen molar-refractivity contribution in [3.05, 3.63) is 11.6 Å². The van der Waals surface area contributed by atoms with Gasteiger partial charge in [0, 0.05) is 13.0 Å². The van der Waals surface area contributed by atoms with Gasteiger partial charge in [0.05, 0.1) is 6.61 Å². The monoisotopic (exact) mass is 227 g/mol. The van der Waals surface area contributed by atoms with Crippen LogP contribution in [0.2, 0.25) is 0 Å². The molecule has 0 aromatic carbocycles. The Bertz CT molecular complexity index is 208. The number of nitrogens with one attached hydrogen (secondary N) is 1. The van der Waals surface area contributed by atoms with Gasteiger partial charge in [-0.2, -0.15) is 0 Å². The summed E-state index contributed by atoms with van der Waals surface area (Å²) in [7, 11) is 0. The maximum atomic E-state index is 11.0. The van der Waals surface area contributed by atoms with Gasteiger partial charge in [0.2, 0.25) is 0 Å². The second kappa shape index (κ2) is 10.7. The molecule has 3 nitrogen and oxygen atoms in total. The maximum Gasteiger partial charge on any atom is 0.305 e. The highest BCUT2D eigenvalue weighted by Gasteiger charge is 1.99. The van der Waals surface area contributed by atoms with Crippen molar-refractivity contribution in [3.8, 4) is 0 Å². The Morgan fingerprint density at radius 1 is 1.25 bits per heavy atom. The number of hydrogen-bond donors (Lipinski definition) is 1. The number of carbonyl (C=O) groups excluding carboxylic acids is 1. The van der Waals surface area contributed by atoms with Crippen molar-refractivity contribution in [3.63, 3.8) is 0 Å². The minimum Gasteiger partial charge on any atom is -0.466 e. The smallest absolute Gasteiger partial charge is 0.305 e. The van der Waals surface area contributed by atoms with Crippen LogP contribution < -0.4 is 5.32 Å². The minimum atomic E-state index is -0.0694. The van der Waals surface area contributed by atoms with E-state index in [0.29, 0.717) is 13.0 Å². The quantitative estimate of drug-likeness (QED) is 0.374. The van der Waals surface area contributed by atoms with Gasteiger partial charge in [0.25, 0.3) is 0 Å². The van der Waals surface area contributed by atoms with E-state index in [0.717, 1.165) is 32.4 Å². The van der Waals surface area contributed by atoms with E-state index in [2.05, 4.69) is 25.2 Å². The Labute approximate surface area is 99.3 Å². The third kappa shape index (κ3) is 11.2. The number of rotatable bonds is 9. The first kappa shape index (κ1) is 15.2. The van der Waals surface area contributed by atoms with Crippen LogP contribution in [0.4, 0.5) is 0 Å². The third-order valence-electron chi connectivity index (χ3n) is 2.19. The zero-order valence-electron chi connectivity index (χ0n) is 10.8. The summed E-state index contributed by atoms with van der Waals surface area (Å²) in [6.45, 7) is 8.49. The SMILES string of the molecule is CCOC(=O)CCCCCNCC=C(C)C. The average Bonchev–Trinajstić information content (AvgIpc) is 2.22. The van der Waals surface area contributed by atoms with Crippen LogP contribution in [0.25, 0.3) is 0 Å². The predicted molar refractivity (Wildman–Crippen MR) is 67.4 cm³/mol. The van der Waals surface area contributed by atoms with E-state index >= 15 is 0 Å². The van der Waals surface area contributed by atoms with Gasteiger partial charge >= 0.3 is 5.97 Å². The van der Waals surface area contributed by atoms with Crippen LogP contribution in [-0.2, 0) is 9.53 Å². The molecule has 0 aromatic rings. The van der Waals surface area contributed by atoms with Crippen LogP contribution in [-0.4, -0.2) is 25.7 Å². The van der Waals surface area contributed by atoms with Crippen LogP contribution >= 0.6 is 0 Å². The molecule has 0 aromatic heterocycles. The van der Waals surface area contributed by atoms with Crippen LogP contribution in [0.15, 0.2) is 11.6 Å². The van der Waals surface area contributed by atoms with Crippen molar-refractivity contribution in [2.24, 2.45) is 0 Å². The predicted octanol–water partition coefficient (Wildman–Crippen LogP) is 2.67. The molecule has 0 saturated heterocycles. The van der Waals surface area contributed by atoms with Gasteiger partial charge in [-0.15, -0.1) is 0 Å². The van der Waals surface area contributed by atoms with E-state index in [-0.39, 0.29) is 5.97 Å². The second-order valence-corrected chi connectivity index (χ2v) is 4.10. The van der Waals surface area contributed by atoms with Crippen molar-refractivity contribution in [1.29, 1.82) is 0 Å². The molecule has 0 rings (SSSR count). The molecular formula is C13H25NO2. The molecule has 0 aliphatic heterocycles. The summed E-state index contributed by atoms with van der Waals surface area (Å²) in [5.74, 6) is -0.0694. The van der Waals surface area contributed by atoms with Gasteiger partial charge in [-0.3, -0.25) is 4.79 Å². The number of unbranched alkanes of at least 4 members (excludes halogenated alkanes) is 2. The molecule has 0 atom stereocenters. The Hall–Kier alpha value is -0.830. The molecule has 0 bridgehead atoms. The van der Waals surface area contributed by atoms with Gasteiger partial charge < -0.3 is 10.1 Å². The standard InChI is InChI=1S/C13H25NO2/c1-4-16-13(15)8-6-5-7-10-14-11-9-12(2)3/h9,14H,4-8,10-11H2,1-3H3. The summed E-state index contributed by atoms with van der Waals surface area (Å²) in [5.41, 5.74) is 1.34. The summed E-state index contributed by atoms with van der Waals surface area (Å²) in [5, 5.41) is 3.34. The van der Waals surface area contributed by atoms with Crippen molar-refractivity contribution < 1.29 is 9.53 Å². The van der Waals surface area contributed by atoms with Gasteiger partial charge in [0.15, 0.2) is 0 Å². The van der Waals surface area contributed by atoms with Crippen molar-refractivity contribution in [2.75, 3.05) is 19.7 Å². The average molecular weight is 227 g/mol. The molecule has 94 valence electrons. The van der Waals surface area contributed by atoms with E-state index < -0.39 is 0 Å². The molecular weight excluding hydrogens is 202 g/mol. The van der Waals surface area contributed by atoms with Crippen LogP contribution in [0.3, 0.4) is 0 Å². The first-order valence-corrected chi connectivity index (χ1v) is 6.16. The number of hydrogen-bond acceptors (Lipinski definition) is 3. The minimum absolute atomic E-state index is 0.0694. The summed E-state index contributed by atoms with van der Waals surface area (Å²) in [4.78, 5) is 11.0. The largest absolute Gasteiger partial charge is 0.466 e. The van der Waals surface area contributed by atoms with E-state index in [1.807, 2.05) is 6.92 Å². The number of esters is 1. The highest BCUT2D eigenvalue weighted by molar-refractivity contribution is 5.69. The molecule has 0 radical (unpaired) electrons. The molecule has 1 N–H and O–H groups in total. The number of allylic oxidation sites excluding steroid dienone is 1. The van der Waals surface area contributed by atoms with E-state index in [1.165, 1.54) is 5.57 Å². The molecule has 0 saturated carbocycles. The first-order valence-electron chi connectivity index (χ1n) is 6.16. The zero-order chi connectivity index (χ0) is 12.2.